The molecule has 2 aromatic carbocycles. The highest BCUT2D eigenvalue weighted by molar-refractivity contribution is 5.91. The summed E-state index contributed by atoms with van der Waals surface area (Å²) in [5.74, 6) is 0.729. The molecule has 0 bridgehead atoms. The number of benzene rings is 2. The number of anilines is 1. The van der Waals surface area contributed by atoms with Gasteiger partial charge in [-0.1, -0.05) is 36.4 Å². The van der Waals surface area contributed by atoms with Crippen LogP contribution in [0.3, 0.4) is 0 Å². The number of hydrogen-bond acceptors (Lipinski definition) is 3. The fraction of sp³-hybridized carbons (Fsp3) is 0.333. The Balaban J connectivity index is 1.49. The minimum absolute atomic E-state index is 0.0902. The molecule has 0 saturated heterocycles. The first-order valence-corrected chi connectivity index (χ1v) is 10.4. The molecule has 1 aliphatic rings. The number of hydrogen-bond donors (Lipinski definition) is 2. The number of likely N-dealkylation sites (N-methyl/N-ethyl adjacent to an activating group) is 1. The Kier molecular flexibility index (Phi) is 7.63. The monoisotopic (exact) mass is 408 g/mol. The number of carbonyl (C=O) groups excluding carboxylic acids is 2. The predicted octanol–water partition coefficient (Wildman–Crippen LogP) is 1.85. The van der Waals surface area contributed by atoms with Gasteiger partial charge < -0.3 is 19.9 Å². The van der Waals surface area contributed by atoms with Gasteiger partial charge in [0.05, 0.1) is 13.7 Å². The van der Waals surface area contributed by atoms with Gasteiger partial charge in [-0.15, -0.1) is 0 Å². The molecule has 2 aromatic rings. The van der Waals surface area contributed by atoms with Crippen LogP contribution in [0.2, 0.25) is 0 Å². The van der Waals surface area contributed by atoms with Crippen molar-refractivity contribution in [1.82, 2.24) is 4.90 Å². The topological polar surface area (TPSA) is 63.1 Å². The zero-order valence-electron chi connectivity index (χ0n) is 17.7. The number of rotatable bonds is 8. The molecular formula is C24H30N3O3+. The third kappa shape index (κ3) is 5.94. The molecule has 0 aliphatic carbocycles. The van der Waals surface area contributed by atoms with E-state index >= 15 is 0 Å². The van der Waals surface area contributed by atoms with E-state index in [2.05, 4.69) is 23.5 Å². The third-order valence-electron chi connectivity index (χ3n) is 5.39. The van der Waals surface area contributed by atoms with Gasteiger partial charge in [0.15, 0.2) is 13.1 Å². The van der Waals surface area contributed by atoms with Crippen LogP contribution in [-0.2, 0) is 9.59 Å². The molecule has 0 aromatic heterocycles. The summed E-state index contributed by atoms with van der Waals surface area (Å²) in [5, 5.41) is 2.89. The third-order valence-corrected chi connectivity index (χ3v) is 5.39. The van der Waals surface area contributed by atoms with Crippen molar-refractivity contribution in [3.63, 3.8) is 0 Å². The summed E-state index contributed by atoms with van der Waals surface area (Å²) >= 11 is 0. The number of amides is 2. The van der Waals surface area contributed by atoms with E-state index in [1.54, 1.807) is 31.4 Å². The maximum Gasteiger partial charge on any atom is 0.279 e. The van der Waals surface area contributed by atoms with Gasteiger partial charge in [-0.25, -0.2) is 0 Å². The van der Waals surface area contributed by atoms with Crippen LogP contribution < -0.4 is 15.0 Å². The van der Waals surface area contributed by atoms with E-state index in [4.69, 9.17) is 4.74 Å². The highest BCUT2D eigenvalue weighted by Crippen LogP contribution is 2.21. The normalized spacial score (nSPS) is 14.6. The summed E-state index contributed by atoms with van der Waals surface area (Å²) in [4.78, 5) is 28.0. The fourth-order valence-corrected chi connectivity index (χ4v) is 3.55. The SMILES string of the molecule is CC[NH+](CC(=O)Nc1ccc(OC)cc1)CC(=O)N1CC=C(c2ccccc2)CC1. The summed E-state index contributed by atoms with van der Waals surface area (Å²) in [6, 6.07) is 17.5. The molecule has 3 rings (SSSR count). The van der Waals surface area contributed by atoms with Crippen LogP contribution in [0.25, 0.3) is 5.57 Å². The second kappa shape index (κ2) is 10.6. The lowest BCUT2D eigenvalue weighted by Gasteiger charge is -2.28. The lowest BCUT2D eigenvalue weighted by atomic mass is 9.99. The average molecular weight is 409 g/mol. The molecule has 2 N–H and O–H groups in total. The van der Waals surface area contributed by atoms with E-state index in [0.717, 1.165) is 22.8 Å². The van der Waals surface area contributed by atoms with Crippen molar-refractivity contribution in [3.05, 3.63) is 66.2 Å². The highest BCUT2D eigenvalue weighted by Gasteiger charge is 2.23. The Bertz CT molecular complexity index is 878. The van der Waals surface area contributed by atoms with Crippen molar-refractivity contribution in [2.75, 3.05) is 45.2 Å². The maximum absolute atomic E-state index is 12.8. The van der Waals surface area contributed by atoms with Crippen molar-refractivity contribution in [1.29, 1.82) is 0 Å². The van der Waals surface area contributed by atoms with E-state index in [1.807, 2.05) is 30.0 Å². The van der Waals surface area contributed by atoms with Gasteiger partial charge in [0, 0.05) is 18.8 Å². The Morgan fingerprint density at radius 3 is 2.40 bits per heavy atom. The molecule has 0 radical (unpaired) electrons. The molecule has 1 aliphatic heterocycles. The summed E-state index contributed by atoms with van der Waals surface area (Å²) in [6.45, 7) is 4.62. The largest absolute Gasteiger partial charge is 0.497 e. The van der Waals surface area contributed by atoms with Crippen LogP contribution >= 0.6 is 0 Å². The van der Waals surface area contributed by atoms with Gasteiger partial charge >= 0.3 is 0 Å². The molecule has 2 amide bonds. The van der Waals surface area contributed by atoms with Gasteiger partial charge in [0.1, 0.15) is 5.75 Å². The Hall–Kier alpha value is -3.12. The smallest absolute Gasteiger partial charge is 0.279 e. The van der Waals surface area contributed by atoms with Crippen molar-refractivity contribution in [2.24, 2.45) is 0 Å². The van der Waals surface area contributed by atoms with E-state index in [1.165, 1.54) is 11.1 Å². The van der Waals surface area contributed by atoms with Crippen LogP contribution in [0.15, 0.2) is 60.7 Å². The van der Waals surface area contributed by atoms with Crippen molar-refractivity contribution in [2.45, 2.75) is 13.3 Å². The van der Waals surface area contributed by atoms with Crippen LogP contribution in [-0.4, -0.2) is 56.5 Å². The molecular weight excluding hydrogens is 378 g/mol. The van der Waals surface area contributed by atoms with E-state index in [0.29, 0.717) is 26.2 Å². The van der Waals surface area contributed by atoms with Gasteiger partial charge in [0.25, 0.3) is 11.8 Å². The highest BCUT2D eigenvalue weighted by atomic mass is 16.5. The minimum Gasteiger partial charge on any atom is -0.497 e. The molecule has 0 spiro atoms. The molecule has 0 saturated carbocycles. The first-order valence-electron chi connectivity index (χ1n) is 10.4. The van der Waals surface area contributed by atoms with Crippen molar-refractivity contribution >= 4 is 23.1 Å². The second-order valence-corrected chi connectivity index (χ2v) is 7.42. The fourth-order valence-electron chi connectivity index (χ4n) is 3.55. The molecule has 1 heterocycles. The van der Waals surface area contributed by atoms with Gasteiger partial charge in [-0.2, -0.15) is 0 Å². The number of methoxy groups -OCH3 is 1. The zero-order valence-corrected chi connectivity index (χ0v) is 17.7. The Morgan fingerprint density at radius 2 is 1.80 bits per heavy atom. The number of nitrogens with zero attached hydrogens (tertiary/aromatic N) is 1. The predicted molar refractivity (Wildman–Crippen MR) is 118 cm³/mol. The molecule has 158 valence electrons. The second-order valence-electron chi connectivity index (χ2n) is 7.42. The molecule has 0 fully saturated rings. The lowest BCUT2D eigenvalue weighted by Crippen LogP contribution is -3.14. The van der Waals surface area contributed by atoms with Crippen LogP contribution in [0.1, 0.15) is 18.9 Å². The first kappa shape index (κ1) is 21.6. The molecule has 1 atom stereocenters. The molecule has 6 heteroatoms. The Labute approximate surface area is 178 Å². The number of quaternary nitrogens is 1. The van der Waals surface area contributed by atoms with E-state index in [9.17, 15) is 9.59 Å². The summed E-state index contributed by atoms with van der Waals surface area (Å²) in [6.07, 6.45) is 2.99. The van der Waals surface area contributed by atoms with Crippen molar-refractivity contribution < 1.29 is 19.2 Å². The number of ether oxygens (including phenoxy) is 1. The summed E-state index contributed by atoms with van der Waals surface area (Å²) < 4.78 is 5.13. The lowest BCUT2D eigenvalue weighted by molar-refractivity contribution is -0.882. The first-order chi connectivity index (χ1) is 14.6. The van der Waals surface area contributed by atoms with E-state index < -0.39 is 0 Å². The standard InChI is InChI=1S/C24H29N3O3/c1-3-26(17-23(28)25-21-9-11-22(30-2)12-10-21)18-24(29)27-15-13-20(14-16-27)19-7-5-4-6-8-19/h4-13H,3,14-18H2,1-2H3,(H,25,28)/p+1. The summed E-state index contributed by atoms with van der Waals surface area (Å²) in [5.41, 5.74) is 3.23. The van der Waals surface area contributed by atoms with Gasteiger partial charge in [0.2, 0.25) is 0 Å². The average Bonchev–Trinajstić information content (AvgIpc) is 2.79. The minimum atomic E-state index is -0.102. The molecule has 30 heavy (non-hydrogen) atoms. The number of carbonyl (C=O) groups is 2. The quantitative estimate of drug-likeness (QED) is 0.701. The van der Waals surface area contributed by atoms with Crippen molar-refractivity contribution in [3.8, 4) is 5.75 Å². The number of nitrogens with one attached hydrogen (secondary N) is 2. The summed E-state index contributed by atoms with van der Waals surface area (Å²) in [7, 11) is 1.60. The van der Waals surface area contributed by atoms with Crippen LogP contribution in [0.4, 0.5) is 5.69 Å². The molecule has 6 nitrogen and oxygen atoms in total. The van der Waals surface area contributed by atoms with Crippen LogP contribution in [0.5, 0.6) is 5.75 Å². The van der Waals surface area contributed by atoms with Crippen LogP contribution in [0, 0.1) is 0 Å². The van der Waals surface area contributed by atoms with Gasteiger partial charge in [-0.3, -0.25) is 9.59 Å². The van der Waals surface area contributed by atoms with Gasteiger partial charge in [-0.05, 0) is 48.7 Å². The zero-order chi connectivity index (χ0) is 21.3. The Morgan fingerprint density at radius 1 is 1.07 bits per heavy atom. The maximum atomic E-state index is 12.8. The van der Waals surface area contributed by atoms with E-state index in [-0.39, 0.29) is 18.4 Å². The molecule has 1 unspecified atom stereocenters.